The SMILES string of the molecule is CC(=O)SCC1CC(=O)N(c2[nH]c(=S)[nH]c(=O)c2N)C1. The highest BCUT2D eigenvalue weighted by molar-refractivity contribution is 8.13. The van der Waals surface area contributed by atoms with Crippen molar-refractivity contribution in [3.63, 3.8) is 0 Å². The van der Waals surface area contributed by atoms with Gasteiger partial charge in [-0.25, -0.2) is 0 Å². The van der Waals surface area contributed by atoms with Gasteiger partial charge in [0.05, 0.1) is 0 Å². The Morgan fingerprint density at radius 2 is 2.20 bits per heavy atom. The lowest BCUT2D eigenvalue weighted by Gasteiger charge is -2.17. The van der Waals surface area contributed by atoms with Gasteiger partial charge < -0.3 is 10.7 Å². The first-order chi connectivity index (χ1) is 9.38. The van der Waals surface area contributed by atoms with Crippen molar-refractivity contribution in [2.24, 2.45) is 5.92 Å². The van der Waals surface area contributed by atoms with Crippen LogP contribution >= 0.6 is 24.0 Å². The normalized spacial score (nSPS) is 18.6. The lowest BCUT2D eigenvalue weighted by Crippen LogP contribution is -2.29. The number of H-pyrrole nitrogens is 2. The van der Waals surface area contributed by atoms with Crippen molar-refractivity contribution < 1.29 is 9.59 Å². The van der Waals surface area contributed by atoms with Gasteiger partial charge in [-0.2, -0.15) is 0 Å². The molecule has 20 heavy (non-hydrogen) atoms. The van der Waals surface area contributed by atoms with Crippen LogP contribution in [-0.4, -0.2) is 33.3 Å². The highest BCUT2D eigenvalue weighted by Gasteiger charge is 2.32. The van der Waals surface area contributed by atoms with Crippen LogP contribution < -0.4 is 16.2 Å². The van der Waals surface area contributed by atoms with E-state index in [0.29, 0.717) is 18.7 Å². The summed E-state index contributed by atoms with van der Waals surface area (Å²) in [6, 6.07) is 0. The Balaban J connectivity index is 2.22. The summed E-state index contributed by atoms with van der Waals surface area (Å²) in [7, 11) is 0. The van der Waals surface area contributed by atoms with Crippen LogP contribution in [0.2, 0.25) is 0 Å². The second-order valence-electron chi connectivity index (χ2n) is 4.55. The average Bonchev–Trinajstić information content (AvgIpc) is 2.72. The summed E-state index contributed by atoms with van der Waals surface area (Å²) in [6.45, 7) is 1.91. The van der Waals surface area contributed by atoms with E-state index >= 15 is 0 Å². The van der Waals surface area contributed by atoms with Crippen molar-refractivity contribution in [2.45, 2.75) is 13.3 Å². The number of nitrogens with one attached hydrogen (secondary N) is 2. The summed E-state index contributed by atoms with van der Waals surface area (Å²) in [5.74, 6) is 0.722. The molecular formula is C11H14N4O3S2. The number of aromatic amines is 2. The number of carbonyl (C=O) groups excluding carboxylic acids is 2. The van der Waals surface area contributed by atoms with E-state index in [1.54, 1.807) is 0 Å². The predicted molar refractivity (Wildman–Crippen MR) is 80.3 cm³/mol. The minimum absolute atomic E-state index is 0.0194. The molecule has 4 N–H and O–H groups in total. The van der Waals surface area contributed by atoms with E-state index in [-0.39, 0.29) is 33.2 Å². The molecule has 0 aromatic carbocycles. The van der Waals surface area contributed by atoms with Gasteiger partial charge in [0.2, 0.25) is 5.91 Å². The molecule has 1 unspecified atom stereocenters. The number of anilines is 2. The van der Waals surface area contributed by atoms with Gasteiger partial charge in [0.1, 0.15) is 11.5 Å². The lowest BCUT2D eigenvalue weighted by atomic mass is 10.1. The van der Waals surface area contributed by atoms with E-state index in [1.165, 1.54) is 23.6 Å². The van der Waals surface area contributed by atoms with Crippen LogP contribution in [0.1, 0.15) is 13.3 Å². The molecule has 2 heterocycles. The van der Waals surface area contributed by atoms with E-state index in [9.17, 15) is 14.4 Å². The van der Waals surface area contributed by atoms with Crippen molar-refractivity contribution in [3.05, 3.63) is 15.1 Å². The first-order valence-corrected chi connectivity index (χ1v) is 7.33. The van der Waals surface area contributed by atoms with Crippen LogP contribution in [0, 0.1) is 10.7 Å². The van der Waals surface area contributed by atoms with Crippen molar-refractivity contribution >= 4 is 46.5 Å². The van der Waals surface area contributed by atoms with Crippen LogP contribution in [0.4, 0.5) is 11.5 Å². The smallest absolute Gasteiger partial charge is 0.277 e. The second kappa shape index (κ2) is 5.80. The van der Waals surface area contributed by atoms with Gasteiger partial charge >= 0.3 is 0 Å². The van der Waals surface area contributed by atoms with Gasteiger partial charge in [0.15, 0.2) is 9.89 Å². The number of nitrogens with zero attached hydrogens (tertiary/aromatic N) is 1. The lowest BCUT2D eigenvalue weighted by molar-refractivity contribution is -0.117. The zero-order chi connectivity index (χ0) is 14.9. The Bertz CT molecular complexity index is 666. The summed E-state index contributed by atoms with van der Waals surface area (Å²) < 4.78 is 0.119. The molecule has 1 aromatic rings. The zero-order valence-electron chi connectivity index (χ0n) is 10.8. The number of nitrogen functional groups attached to an aromatic ring is 1. The van der Waals surface area contributed by atoms with E-state index in [4.69, 9.17) is 18.0 Å². The fourth-order valence-corrected chi connectivity index (χ4v) is 2.92. The average molecular weight is 314 g/mol. The van der Waals surface area contributed by atoms with Gasteiger partial charge in [0.25, 0.3) is 5.56 Å². The predicted octanol–water partition coefficient (Wildman–Crippen LogP) is 0.647. The zero-order valence-corrected chi connectivity index (χ0v) is 12.4. The van der Waals surface area contributed by atoms with E-state index in [1.807, 2.05) is 0 Å². The molecule has 1 amide bonds. The van der Waals surface area contributed by atoms with Gasteiger partial charge in [-0.05, 0) is 18.1 Å². The Hall–Kier alpha value is -1.61. The standard InChI is InChI=1S/C11H14N4O3S2/c1-5(16)20-4-6-2-7(17)15(3-6)9-8(12)10(18)14-11(19)13-9/h6H,2-4,12H2,1H3,(H2,13,14,18,19). The molecular weight excluding hydrogens is 300 g/mol. The molecule has 2 rings (SSSR count). The fraction of sp³-hybridized carbons (Fsp3) is 0.455. The maximum absolute atomic E-state index is 12.0. The molecule has 1 aliphatic heterocycles. The molecule has 1 atom stereocenters. The molecule has 9 heteroatoms. The molecule has 1 saturated heterocycles. The Kier molecular flexibility index (Phi) is 4.29. The van der Waals surface area contributed by atoms with Crippen molar-refractivity contribution in [1.29, 1.82) is 0 Å². The van der Waals surface area contributed by atoms with Crippen molar-refractivity contribution in [3.8, 4) is 0 Å². The fourth-order valence-electron chi connectivity index (χ4n) is 2.04. The molecule has 0 radical (unpaired) electrons. The number of carbonyl (C=O) groups is 2. The number of amides is 1. The second-order valence-corrected chi connectivity index (χ2v) is 6.15. The molecule has 0 bridgehead atoms. The number of hydrogen-bond donors (Lipinski definition) is 3. The first kappa shape index (κ1) is 14.8. The van der Waals surface area contributed by atoms with Crippen molar-refractivity contribution in [2.75, 3.05) is 22.9 Å². The highest BCUT2D eigenvalue weighted by atomic mass is 32.2. The van der Waals surface area contributed by atoms with Crippen LogP contribution in [-0.2, 0) is 9.59 Å². The first-order valence-electron chi connectivity index (χ1n) is 5.94. The molecule has 1 fully saturated rings. The molecule has 7 nitrogen and oxygen atoms in total. The van der Waals surface area contributed by atoms with Gasteiger partial charge in [-0.1, -0.05) is 11.8 Å². The summed E-state index contributed by atoms with van der Waals surface area (Å²) in [4.78, 5) is 41.1. The number of thioether (sulfide) groups is 1. The summed E-state index contributed by atoms with van der Waals surface area (Å²) in [5, 5.41) is 0.0194. The monoisotopic (exact) mass is 314 g/mol. The largest absolute Gasteiger partial charge is 0.391 e. The molecule has 108 valence electrons. The molecule has 1 aromatic heterocycles. The molecule has 0 aliphatic carbocycles. The number of aromatic nitrogens is 2. The molecule has 0 saturated carbocycles. The molecule has 0 spiro atoms. The van der Waals surface area contributed by atoms with Crippen LogP contribution in [0.5, 0.6) is 0 Å². The minimum Gasteiger partial charge on any atom is -0.391 e. The maximum atomic E-state index is 12.0. The van der Waals surface area contributed by atoms with Crippen LogP contribution in [0.15, 0.2) is 4.79 Å². The van der Waals surface area contributed by atoms with E-state index in [0.717, 1.165) is 0 Å². The quantitative estimate of drug-likeness (QED) is 0.706. The summed E-state index contributed by atoms with van der Waals surface area (Å²) in [5.41, 5.74) is 5.11. The topological polar surface area (TPSA) is 112 Å². The van der Waals surface area contributed by atoms with Crippen LogP contribution in [0.25, 0.3) is 0 Å². The van der Waals surface area contributed by atoms with Gasteiger partial charge in [-0.3, -0.25) is 24.3 Å². The third-order valence-electron chi connectivity index (χ3n) is 2.96. The Morgan fingerprint density at radius 3 is 2.85 bits per heavy atom. The summed E-state index contributed by atoms with van der Waals surface area (Å²) >= 11 is 6.07. The van der Waals surface area contributed by atoms with Crippen molar-refractivity contribution in [1.82, 2.24) is 9.97 Å². The number of nitrogens with two attached hydrogens (primary N) is 1. The van der Waals surface area contributed by atoms with Crippen LogP contribution in [0.3, 0.4) is 0 Å². The third-order valence-corrected chi connectivity index (χ3v) is 4.20. The maximum Gasteiger partial charge on any atom is 0.277 e. The van der Waals surface area contributed by atoms with E-state index < -0.39 is 5.56 Å². The molecule has 1 aliphatic rings. The summed E-state index contributed by atoms with van der Waals surface area (Å²) in [6.07, 6.45) is 0.327. The Labute approximate surface area is 123 Å². The van der Waals surface area contributed by atoms with Gasteiger partial charge in [-0.15, -0.1) is 0 Å². The minimum atomic E-state index is -0.516. The third kappa shape index (κ3) is 3.10. The Morgan fingerprint density at radius 1 is 1.50 bits per heavy atom. The number of rotatable bonds is 3. The number of hydrogen-bond acceptors (Lipinski definition) is 6. The van der Waals surface area contributed by atoms with Gasteiger partial charge in [0, 0.05) is 25.6 Å². The highest BCUT2D eigenvalue weighted by Crippen LogP contribution is 2.27. The van der Waals surface area contributed by atoms with E-state index in [2.05, 4.69) is 9.97 Å².